The summed E-state index contributed by atoms with van der Waals surface area (Å²) >= 11 is 0. The van der Waals surface area contributed by atoms with Gasteiger partial charge in [0, 0.05) is 22.6 Å². The van der Waals surface area contributed by atoms with Crippen molar-refractivity contribution in [2.24, 2.45) is 0 Å². The Kier molecular flexibility index (Phi) is 2.21. The molecule has 1 aromatic carbocycles. The summed E-state index contributed by atoms with van der Waals surface area (Å²) in [6, 6.07) is 8.71. The molecule has 0 atom stereocenters. The van der Waals surface area contributed by atoms with E-state index < -0.39 is 5.97 Å². The van der Waals surface area contributed by atoms with Gasteiger partial charge in [-0.05, 0) is 31.4 Å². The van der Waals surface area contributed by atoms with Crippen molar-refractivity contribution < 1.29 is 9.90 Å². The number of rotatable bonds is 3. The summed E-state index contributed by atoms with van der Waals surface area (Å²) in [6.45, 7) is 2.03. The fraction of sp³-hybridized carbons (Fsp3) is 0.357. The van der Waals surface area contributed by atoms with Gasteiger partial charge >= 0.3 is 5.97 Å². The largest absolute Gasteiger partial charge is 0.481 e. The number of carboxylic acids is 1. The Bertz CT molecular complexity index is 594. The van der Waals surface area contributed by atoms with Crippen molar-refractivity contribution in [2.45, 2.75) is 32.2 Å². The van der Waals surface area contributed by atoms with E-state index in [0.717, 1.165) is 11.3 Å². The molecule has 0 unspecified atom stereocenters. The van der Waals surface area contributed by atoms with Gasteiger partial charge in [-0.3, -0.25) is 4.79 Å². The molecule has 0 amide bonds. The normalized spacial score (nSPS) is 15.4. The average Bonchev–Trinajstić information content (AvgIpc) is 3.08. The van der Waals surface area contributed by atoms with Gasteiger partial charge in [0.2, 0.25) is 0 Å². The van der Waals surface area contributed by atoms with E-state index in [1.54, 1.807) is 0 Å². The molecular weight excluding hydrogens is 214 g/mol. The van der Waals surface area contributed by atoms with Gasteiger partial charge in [0.15, 0.2) is 0 Å². The highest BCUT2D eigenvalue weighted by Crippen LogP contribution is 2.41. The third kappa shape index (κ3) is 1.62. The summed E-state index contributed by atoms with van der Waals surface area (Å²) in [6.07, 6.45) is 2.46. The zero-order valence-corrected chi connectivity index (χ0v) is 9.81. The Labute approximate surface area is 99.7 Å². The van der Waals surface area contributed by atoms with Crippen LogP contribution in [-0.2, 0) is 11.2 Å². The van der Waals surface area contributed by atoms with Crippen LogP contribution >= 0.6 is 0 Å². The lowest BCUT2D eigenvalue weighted by Crippen LogP contribution is -2.08. The van der Waals surface area contributed by atoms with Crippen LogP contribution in [0.4, 0.5) is 0 Å². The molecule has 3 rings (SSSR count). The number of nitrogens with zero attached hydrogens (tertiary/aromatic N) is 1. The quantitative estimate of drug-likeness (QED) is 0.879. The number of benzene rings is 1. The van der Waals surface area contributed by atoms with Crippen molar-refractivity contribution >= 4 is 16.9 Å². The number of hydrogen-bond acceptors (Lipinski definition) is 1. The molecule has 0 saturated heterocycles. The highest BCUT2D eigenvalue weighted by Gasteiger charge is 2.29. The first-order valence-electron chi connectivity index (χ1n) is 5.98. The van der Waals surface area contributed by atoms with E-state index in [2.05, 4.69) is 16.7 Å². The fourth-order valence-corrected chi connectivity index (χ4v) is 2.59. The molecule has 0 bridgehead atoms. The van der Waals surface area contributed by atoms with E-state index in [9.17, 15) is 4.79 Å². The fourth-order valence-electron chi connectivity index (χ4n) is 2.59. The zero-order valence-electron chi connectivity index (χ0n) is 9.81. The van der Waals surface area contributed by atoms with E-state index in [4.69, 9.17) is 5.11 Å². The van der Waals surface area contributed by atoms with Gasteiger partial charge in [0.05, 0.1) is 6.42 Å². The molecule has 2 aromatic rings. The smallest absolute Gasteiger partial charge is 0.309 e. The topological polar surface area (TPSA) is 42.2 Å². The Morgan fingerprint density at radius 3 is 2.76 bits per heavy atom. The van der Waals surface area contributed by atoms with Crippen LogP contribution in [0.15, 0.2) is 24.3 Å². The minimum Gasteiger partial charge on any atom is -0.481 e. The standard InChI is InChI=1S/C14H15NO2/c1-9-11-4-2-3-5-12(11)15(10-6-7-10)13(9)8-14(16)17/h2-5,10H,6-8H2,1H3,(H,16,17). The van der Waals surface area contributed by atoms with Crippen LogP contribution in [0.5, 0.6) is 0 Å². The van der Waals surface area contributed by atoms with E-state index >= 15 is 0 Å². The van der Waals surface area contributed by atoms with Gasteiger partial charge in [0.25, 0.3) is 0 Å². The monoisotopic (exact) mass is 229 g/mol. The number of carbonyl (C=O) groups is 1. The lowest BCUT2D eigenvalue weighted by Gasteiger charge is -2.08. The number of carboxylic acid groups (broad SMARTS) is 1. The number of fused-ring (bicyclic) bond motifs is 1. The van der Waals surface area contributed by atoms with Crippen LogP contribution in [0.3, 0.4) is 0 Å². The van der Waals surface area contributed by atoms with Crippen LogP contribution < -0.4 is 0 Å². The second-order valence-corrected chi connectivity index (χ2v) is 4.76. The van der Waals surface area contributed by atoms with Crippen LogP contribution in [0.25, 0.3) is 10.9 Å². The maximum absolute atomic E-state index is 11.0. The minimum atomic E-state index is -0.752. The molecule has 88 valence electrons. The number of para-hydroxylation sites is 1. The Morgan fingerprint density at radius 2 is 2.12 bits per heavy atom. The first-order chi connectivity index (χ1) is 8.18. The molecule has 1 saturated carbocycles. The summed E-state index contributed by atoms with van der Waals surface area (Å²) in [7, 11) is 0. The molecule has 1 aliphatic rings. The zero-order chi connectivity index (χ0) is 12.0. The molecule has 1 aliphatic carbocycles. The van der Waals surface area contributed by atoms with Gasteiger partial charge in [-0.25, -0.2) is 0 Å². The van der Waals surface area contributed by atoms with Crippen molar-refractivity contribution in [3.05, 3.63) is 35.5 Å². The molecule has 0 radical (unpaired) electrons. The lowest BCUT2D eigenvalue weighted by molar-refractivity contribution is -0.136. The number of aromatic nitrogens is 1. The van der Waals surface area contributed by atoms with E-state index in [0.29, 0.717) is 6.04 Å². The maximum Gasteiger partial charge on any atom is 0.309 e. The average molecular weight is 229 g/mol. The molecule has 3 heteroatoms. The highest BCUT2D eigenvalue weighted by atomic mass is 16.4. The Hall–Kier alpha value is -1.77. The summed E-state index contributed by atoms with van der Waals surface area (Å²) < 4.78 is 2.23. The van der Waals surface area contributed by atoms with Crippen molar-refractivity contribution in [3.8, 4) is 0 Å². The van der Waals surface area contributed by atoms with E-state index in [1.807, 2.05) is 19.1 Å². The van der Waals surface area contributed by atoms with Crippen molar-refractivity contribution in [2.75, 3.05) is 0 Å². The highest BCUT2D eigenvalue weighted by molar-refractivity contribution is 5.87. The lowest BCUT2D eigenvalue weighted by atomic mass is 10.1. The first-order valence-corrected chi connectivity index (χ1v) is 5.98. The van der Waals surface area contributed by atoms with Crippen LogP contribution in [0.1, 0.15) is 30.1 Å². The van der Waals surface area contributed by atoms with Gasteiger partial charge < -0.3 is 9.67 Å². The maximum atomic E-state index is 11.0. The molecule has 1 N–H and O–H groups in total. The first kappa shape index (κ1) is 10.4. The summed E-state index contributed by atoms with van der Waals surface area (Å²) in [5.41, 5.74) is 3.28. The van der Waals surface area contributed by atoms with Gasteiger partial charge in [-0.2, -0.15) is 0 Å². The molecule has 1 heterocycles. The van der Waals surface area contributed by atoms with Crippen LogP contribution in [0, 0.1) is 6.92 Å². The number of hydrogen-bond donors (Lipinski definition) is 1. The molecular formula is C14H15NO2. The van der Waals surface area contributed by atoms with Crippen molar-refractivity contribution in [1.29, 1.82) is 0 Å². The molecule has 3 nitrogen and oxygen atoms in total. The Balaban J connectivity index is 2.26. The van der Waals surface area contributed by atoms with Gasteiger partial charge in [-0.1, -0.05) is 18.2 Å². The number of aryl methyl sites for hydroxylation is 1. The van der Waals surface area contributed by atoms with Crippen LogP contribution in [0.2, 0.25) is 0 Å². The van der Waals surface area contributed by atoms with Crippen LogP contribution in [-0.4, -0.2) is 15.6 Å². The predicted molar refractivity (Wildman–Crippen MR) is 66.3 cm³/mol. The molecule has 0 spiro atoms. The van der Waals surface area contributed by atoms with Crippen molar-refractivity contribution in [1.82, 2.24) is 4.57 Å². The summed E-state index contributed by atoms with van der Waals surface area (Å²) in [5.74, 6) is -0.752. The van der Waals surface area contributed by atoms with E-state index in [-0.39, 0.29) is 6.42 Å². The Morgan fingerprint density at radius 1 is 1.41 bits per heavy atom. The second-order valence-electron chi connectivity index (χ2n) is 4.76. The molecule has 1 aromatic heterocycles. The summed E-state index contributed by atoms with van der Waals surface area (Å²) in [4.78, 5) is 11.0. The molecule has 1 fully saturated rings. The molecule has 17 heavy (non-hydrogen) atoms. The number of aliphatic carboxylic acids is 1. The van der Waals surface area contributed by atoms with Gasteiger partial charge in [0.1, 0.15) is 0 Å². The molecule has 0 aliphatic heterocycles. The third-order valence-electron chi connectivity index (χ3n) is 3.52. The predicted octanol–water partition coefficient (Wildman–Crippen LogP) is 2.91. The second kappa shape index (κ2) is 3.62. The van der Waals surface area contributed by atoms with Gasteiger partial charge in [-0.15, -0.1) is 0 Å². The SMILES string of the molecule is Cc1c(CC(=O)O)n(C2CC2)c2ccccc12. The van der Waals surface area contributed by atoms with Crippen molar-refractivity contribution in [3.63, 3.8) is 0 Å². The minimum absolute atomic E-state index is 0.122. The third-order valence-corrected chi connectivity index (χ3v) is 3.52. The van der Waals surface area contributed by atoms with E-state index in [1.165, 1.54) is 23.7 Å². The summed E-state index contributed by atoms with van der Waals surface area (Å²) in [5, 5.41) is 10.2.